The second kappa shape index (κ2) is 6.05. The fourth-order valence-electron chi connectivity index (χ4n) is 1.49. The van der Waals surface area contributed by atoms with Crippen LogP contribution in [0.5, 0.6) is 0 Å². The summed E-state index contributed by atoms with van der Waals surface area (Å²) in [7, 11) is 0. The van der Waals surface area contributed by atoms with Gasteiger partial charge in [0.25, 0.3) is 0 Å². The van der Waals surface area contributed by atoms with Gasteiger partial charge >= 0.3 is 0 Å². The Bertz CT molecular complexity index is 416. The zero-order valence-electron chi connectivity index (χ0n) is 10.1. The Hall–Kier alpha value is -2.04. The lowest BCUT2D eigenvalue weighted by atomic mass is 10.3. The molecule has 2 amide bonds. The Kier molecular flexibility index (Phi) is 4.17. The van der Waals surface area contributed by atoms with Crippen LogP contribution in [0.4, 0.5) is 5.69 Å². The minimum absolute atomic E-state index is 0.0474. The first-order chi connectivity index (χ1) is 8.74. The third-order valence-corrected chi connectivity index (χ3v) is 2.62. The van der Waals surface area contributed by atoms with Gasteiger partial charge in [-0.05, 0) is 25.0 Å². The van der Waals surface area contributed by atoms with Gasteiger partial charge in [0.2, 0.25) is 11.8 Å². The summed E-state index contributed by atoms with van der Waals surface area (Å²) in [5, 5.41) is 8.36. The van der Waals surface area contributed by atoms with Crippen LogP contribution in [0.2, 0.25) is 0 Å². The molecule has 96 valence electrons. The molecular formula is C13H17N3O2. The van der Waals surface area contributed by atoms with Crippen LogP contribution in [0.15, 0.2) is 30.3 Å². The number of benzene rings is 1. The number of rotatable bonds is 6. The molecule has 1 fully saturated rings. The first-order valence-electron chi connectivity index (χ1n) is 6.09. The summed E-state index contributed by atoms with van der Waals surface area (Å²) >= 11 is 0. The first kappa shape index (κ1) is 12.4. The van der Waals surface area contributed by atoms with Crippen molar-refractivity contribution in [3.63, 3.8) is 0 Å². The number of hydrogen-bond acceptors (Lipinski definition) is 3. The summed E-state index contributed by atoms with van der Waals surface area (Å²) in [6.45, 7) is 0.215. The van der Waals surface area contributed by atoms with E-state index in [-0.39, 0.29) is 24.9 Å². The quantitative estimate of drug-likeness (QED) is 0.685. The maximum Gasteiger partial charge on any atom is 0.239 e. The molecule has 1 aromatic rings. The van der Waals surface area contributed by atoms with Crippen LogP contribution >= 0.6 is 0 Å². The van der Waals surface area contributed by atoms with Gasteiger partial charge < -0.3 is 16.0 Å². The summed E-state index contributed by atoms with van der Waals surface area (Å²) in [5.41, 5.74) is 0.884. The van der Waals surface area contributed by atoms with E-state index in [1.165, 1.54) is 0 Å². The lowest BCUT2D eigenvalue weighted by molar-refractivity contribution is -0.125. The smallest absolute Gasteiger partial charge is 0.239 e. The lowest BCUT2D eigenvalue weighted by Crippen LogP contribution is -2.39. The zero-order chi connectivity index (χ0) is 12.8. The summed E-state index contributed by atoms with van der Waals surface area (Å²) in [6, 6.07) is 9.79. The molecule has 3 N–H and O–H groups in total. The average molecular weight is 247 g/mol. The Balaban J connectivity index is 1.61. The number of amides is 2. The van der Waals surface area contributed by atoms with E-state index in [0.29, 0.717) is 6.04 Å². The van der Waals surface area contributed by atoms with Crippen molar-refractivity contribution in [3.05, 3.63) is 30.3 Å². The molecule has 1 aliphatic carbocycles. The van der Waals surface area contributed by atoms with Crippen molar-refractivity contribution in [1.82, 2.24) is 10.6 Å². The van der Waals surface area contributed by atoms with Crippen LogP contribution in [-0.4, -0.2) is 30.9 Å². The van der Waals surface area contributed by atoms with Crippen molar-refractivity contribution in [2.45, 2.75) is 18.9 Å². The van der Waals surface area contributed by atoms with Crippen molar-refractivity contribution in [3.8, 4) is 0 Å². The van der Waals surface area contributed by atoms with Crippen LogP contribution in [0.1, 0.15) is 12.8 Å². The molecule has 0 spiro atoms. The highest BCUT2D eigenvalue weighted by Crippen LogP contribution is 2.18. The highest BCUT2D eigenvalue weighted by atomic mass is 16.2. The molecule has 0 unspecified atom stereocenters. The standard InChI is InChI=1S/C13H17N3O2/c17-12(8-14-10-4-2-1-3-5-10)15-9-13(18)16-11-6-7-11/h1-5,11,14H,6-9H2,(H,15,17)(H,16,18). The van der Waals surface area contributed by atoms with Crippen molar-refractivity contribution >= 4 is 17.5 Å². The van der Waals surface area contributed by atoms with E-state index in [1.807, 2.05) is 30.3 Å². The molecule has 1 aromatic carbocycles. The van der Waals surface area contributed by atoms with Crippen molar-refractivity contribution < 1.29 is 9.59 Å². The van der Waals surface area contributed by atoms with E-state index < -0.39 is 0 Å². The lowest BCUT2D eigenvalue weighted by Gasteiger charge is -2.07. The molecule has 2 rings (SSSR count). The van der Waals surface area contributed by atoms with Gasteiger partial charge in [0.1, 0.15) is 0 Å². The number of hydrogen-bond donors (Lipinski definition) is 3. The Morgan fingerprint density at radius 2 is 1.78 bits per heavy atom. The molecule has 0 saturated heterocycles. The summed E-state index contributed by atoms with van der Waals surface area (Å²) < 4.78 is 0. The minimum atomic E-state index is -0.190. The molecule has 0 atom stereocenters. The third-order valence-electron chi connectivity index (χ3n) is 2.62. The van der Waals surface area contributed by atoms with Crippen LogP contribution in [0.3, 0.4) is 0 Å². The van der Waals surface area contributed by atoms with E-state index in [2.05, 4.69) is 16.0 Å². The third kappa shape index (κ3) is 4.45. The largest absolute Gasteiger partial charge is 0.376 e. The summed E-state index contributed by atoms with van der Waals surface area (Å²) in [4.78, 5) is 22.8. The van der Waals surface area contributed by atoms with E-state index in [1.54, 1.807) is 0 Å². The first-order valence-corrected chi connectivity index (χ1v) is 6.09. The van der Waals surface area contributed by atoms with E-state index in [0.717, 1.165) is 18.5 Å². The molecule has 5 nitrogen and oxygen atoms in total. The van der Waals surface area contributed by atoms with Crippen molar-refractivity contribution in [2.75, 3.05) is 18.4 Å². The topological polar surface area (TPSA) is 70.2 Å². The Morgan fingerprint density at radius 1 is 1.06 bits per heavy atom. The molecule has 0 heterocycles. The van der Waals surface area contributed by atoms with Gasteiger partial charge in [0, 0.05) is 11.7 Å². The molecule has 0 aromatic heterocycles. The average Bonchev–Trinajstić information content (AvgIpc) is 3.19. The van der Waals surface area contributed by atoms with Gasteiger partial charge in [0.05, 0.1) is 13.1 Å². The highest BCUT2D eigenvalue weighted by Gasteiger charge is 2.22. The van der Waals surface area contributed by atoms with Crippen LogP contribution < -0.4 is 16.0 Å². The second-order valence-corrected chi connectivity index (χ2v) is 4.34. The summed E-state index contributed by atoms with van der Waals surface area (Å²) in [5.74, 6) is -0.310. The molecule has 0 aliphatic heterocycles. The van der Waals surface area contributed by atoms with Gasteiger partial charge in [-0.15, -0.1) is 0 Å². The monoisotopic (exact) mass is 247 g/mol. The molecule has 1 aliphatic rings. The van der Waals surface area contributed by atoms with Crippen LogP contribution in [0.25, 0.3) is 0 Å². The normalized spacial score (nSPS) is 13.8. The predicted octanol–water partition coefficient (Wildman–Crippen LogP) is 0.493. The van der Waals surface area contributed by atoms with Gasteiger partial charge in [0.15, 0.2) is 0 Å². The fraction of sp³-hybridized carbons (Fsp3) is 0.385. The SMILES string of the molecule is O=C(CNc1ccccc1)NCC(=O)NC1CC1. The molecule has 18 heavy (non-hydrogen) atoms. The number of carbonyl (C=O) groups excluding carboxylic acids is 2. The van der Waals surface area contributed by atoms with Gasteiger partial charge in [-0.2, -0.15) is 0 Å². The van der Waals surface area contributed by atoms with Crippen molar-refractivity contribution in [1.29, 1.82) is 0 Å². The van der Waals surface area contributed by atoms with Gasteiger partial charge in [-0.1, -0.05) is 18.2 Å². The van der Waals surface area contributed by atoms with E-state index >= 15 is 0 Å². The molecule has 5 heteroatoms. The van der Waals surface area contributed by atoms with Gasteiger partial charge in [-0.3, -0.25) is 9.59 Å². The Labute approximate surface area is 106 Å². The molecule has 0 bridgehead atoms. The van der Waals surface area contributed by atoms with E-state index in [4.69, 9.17) is 0 Å². The molecular weight excluding hydrogens is 230 g/mol. The molecule has 0 radical (unpaired) electrons. The second-order valence-electron chi connectivity index (χ2n) is 4.34. The number of carbonyl (C=O) groups is 2. The maximum atomic E-state index is 11.5. The number of nitrogens with one attached hydrogen (secondary N) is 3. The Morgan fingerprint density at radius 3 is 2.44 bits per heavy atom. The number of para-hydroxylation sites is 1. The van der Waals surface area contributed by atoms with Crippen LogP contribution in [0, 0.1) is 0 Å². The minimum Gasteiger partial charge on any atom is -0.376 e. The summed E-state index contributed by atoms with van der Waals surface area (Å²) in [6.07, 6.45) is 2.10. The van der Waals surface area contributed by atoms with Gasteiger partial charge in [-0.25, -0.2) is 0 Å². The van der Waals surface area contributed by atoms with Crippen molar-refractivity contribution in [2.24, 2.45) is 0 Å². The van der Waals surface area contributed by atoms with Crippen LogP contribution in [-0.2, 0) is 9.59 Å². The fourth-order valence-corrected chi connectivity index (χ4v) is 1.49. The highest BCUT2D eigenvalue weighted by molar-refractivity contribution is 5.86. The predicted molar refractivity (Wildman–Crippen MR) is 69.1 cm³/mol. The molecule has 1 saturated carbocycles. The van der Waals surface area contributed by atoms with E-state index in [9.17, 15) is 9.59 Å². The maximum absolute atomic E-state index is 11.5. The zero-order valence-corrected chi connectivity index (χ0v) is 10.1. The number of anilines is 1.